The summed E-state index contributed by atoms with van der Waals surface area (Å²) in [5.74, 6) is 0.375. The minimum atomic E-state index is -0.234. The standard InChI is InChI=1S/C23H23N3O3/c1-15-20-18(10-5-11-19(20)27)26-21(15)22(28)25-13-17-9-6-12-24-23(17)29-14-16-7-3-2-4-8-16/h2-4,6-9,12,26H,5,10-11,13-14H2,1H3,(H,25,28). The molecule has 0 saturated heterocycles. The number of hydrogen-bond donors (Lipinski definition) is 2. The Kier molecular flexibility index (Phi) is 5.42. The molecule has 1 aromatic carbocycles. The first-order valence-corrected chi connectivity index (χ1v) is 9.77. The minimum Gasteiger partial charge on any atom is -0.473 e. The number of carbonyl (C=O) groups is 2. The van der Waals surface area contributed by atoms with Gasteiger partial charge in [-0.1, -0.05) is 36.4 Å². The molecule has 0 saturated carbocycles. The van der Waals surface area contributed by atoms with Gasteiger partial charge in [0.05, 0.1) is 0 Å². The maximum atomic E-state index is 12.7. The van der Waals surface area contributed by atoms with Crippen LogP contribution in [-0.2, 0) is 19.6 Å². The van der Waals surface area contributed by atoms with Crippen molar-refractivity contribution >= 4 is 11.7 Å². The molecule has 29 heavy (non-hydrogen) atoms. The number of aryl methyl sites for hydroxylation is 1. The molecule has 0 bridgehead atoms. The molecule has 2 N–H and O–H groups in total. The number of H-pyrrole nitrogens is 1. The van der Waals surface area contributed by atoms with Crippen LogP contribution in [0.4, 0.5) is 0 Å². The fraction of sp³-hybridized carbons (Fsp3) is 0.261. The van der Waals surface area contributed by atoms with E-state index in [-0.39, 0.29) is 18.2 Å². The monoisotopic (exact) mass is 389 g/mol. The van der Waals surface area contributed by atoms with E-state index in [2.05, 4.69) is 15.3 Å². The zero-order valence-electron chi connectivity index (χ0n) is 16.3. The predicted octanol–water partition coefficient (Wildman–Crippen LogP) is 3.75. The maximum Gasteiger partial charge on any atom is 0.268 e. The number of hydrogen-bond acceptors (Lipinski definition) is 4. The number of pyridine rings is 1. The predicted molar refractivity (Wildman–Crippen MR) is 109 cm³/mol. The lowest BCUT2D eigenvalue weighted by Crippen LogP contribution is -2.24. The van der Waals surface area contributed by atoms with Gasteiger partial charge in [0.15, 0.2) is 5.78 Å². The lowest BCUT2D eigenvalue weighted by molar-refractivity contribution is 0.0944. The highest BCUT2D eigenvalue weighted by Gasteiger charge is 2.26. The number of rotatable bonds is 6. The van der Waals surface area contributed by atoms with Crippen molar-refractivity contribution < 1.29 is 14.3 Å². The van der Waals surface area contributed by atoms with E-state index in [4.69, 9.17) is 4.74 Å². The molecular formula is C23H23N3O3. The highest BCUT2D eigenvalue weighted by molar-refractivity contribution is 6.04. The molecule has 1 aliphatic rings. The van der Waals surface area contributed by atoms with Gasteiger partial charge in [0.25, 0.3) is 5.91 Å². The van der Waals surface area contributed by atoms with E-state index < -0.39 is 0 Å². The highest BCUT2D eigenvalue weighted by Crippen LogP contribution is 2.26. The normalized spacial score (nSPS) is 13.1. The van der Waals surface area contributed by atoms with Gasteiger partial charge in [0.1, 0.15) is 12.3 Å². The van der Waals surface area contributed by atoms with Crippen molar-refractivity contribution in [3.63, 3.8) is 0 Å². The van der Waals surface area contributed by atoms with Crippen molar-refractivity contribution in [1.82, 2.24) is 15.3 Å². The van der Waals surface area contributed by atoms with E-state index >= 15 is 0 Å². The summed E-state index contributed by atoms with van der Waals surface area (Å²) in [6, 6.07) is 13.5. The third-order valence-corrected chi connectivity index (χ3v) is 5.17. The molecule has 0 spiro atoms. The van der Waals surface area contributed by atoms with Crippen LogP contribution in [0, 0.1) is 6.92 Å². The summed E-state index contributed by atoms with van der Waals surface area (Å²) in [4.78, 5) is 32.4. The molecular weight excluding hydrogens is 366 g/mol. The smallest absolute Gasteiger partial charge is 0.268 e. The SMILES string of the molecule is Cc1c(C(=O)NCc2cccnc2OCc2ccccc2)[nH]c2c1C(=O)CCC2. The van der Waals surface area contributed by atoms with Gasteiger partial charge in [-0.25, -0.2) is 4.98 Å². The molecule has 1 amide bonds. The quantitative estimate of drug-likeness (QED) is 0.673. The second-order valence-electron chi connectivity index (χ2n) is 7.18. The average molecular weight is 389 g/mol. The van der Waals surface area contributed by atoms with Crippen LogP contribution in [0.3, 0.4) is 0 Å². The van der Waals surface area contributed by atoms with E-state index in [9.17, 15) is 9.59 Å². The highest BCUT2D eigenvalue weighted by atomic mass is 16.5. The number of aromatic nitrogens is 2. The molecule has 1 aliphatic carbocycles. The summed E-state index contributed by atoms with van der Waals surface area (Å²) < 4.78 is 5.85. The van der Waals surface area contributed by atoms with Crippen LogP contribution in [0.1, 0.15) is 56.1 Å². The van der Waals surface area contributed by atoms with Gasteiger partial charge in [0.2, 0.25) is 5.88 Å². The summed E-state index contributed by atoms with van der Waals surface area (Å²) in [7, 11) is 0. The Balaban J connectivity index is 1.44. The number of aromatic amines is 1. The average Bonchev–Trinajstić information content (AvgIpc) is 3.09. The molecule has 0 aliphatic heterocycles. The van der Waals surface area contributed by atoms with Crippen LogP contribution in [0.25, 0.3) is 0 Å². The molecule has 148 valence electrons. The summed E-state index contributed by atoms with van der Waals surface area (Å²) in [5, 5.41) is 2.92. The molecule has 2 heterocycles. The minimum absolute atomic E-state index is 0.114. The topological polar surface area (TPSA) is 84.1 Å². The number of carbonyl (C=O) groups excluding carboxylic acids is 2. The number of fused-ring (bicyclic) bond motifs is 1. The molecule has 4 rings (SSSR count). The van der Waals surface area contributed by atoms with Gasteiger partial charge < -0.3 is 15.0 Å². The lowest BCUT2D eigenvalue weighted by Gasteiger charge is -2.11. The number of Topliss-reactive ketones (excluding diaryl/α,β-unsaturated/α-hetero) is 1. The van der Waals surface area contributed by atoms with Crippen molar-refractivity contribution in [2.75, 3.05) is 0 Å². The van der Waals surface area contributed by atoms with Crippen LogP contribution in [0.5, 0.6) is 5.88 Å². The van der Waals surface area contributed by atoms with Crippen LogP contribution >= 0.6 is 0 Å². The Labute approximate surface area is 169 Å². The van der Waals surface area contributed by atoms with Crippen LogP contribution in [0.2, 0.25) is 0 Å². The van der Waals surface area contributed by atoms with E-state index in [0.29, 0.717) is 30.2 Å². The van der Waals surface area contributed by atoms with Crippen molar-refractivity contribution in [2.45, 2.75) is 39.3 Å². The van der Waals surface area contributed by atoms with Crippen molar-refractivity contribution in [2.24, 2.45) is 0 Å². The first-order valence-electron chi connectivity index (χ1n) is 9.77. The number of ether oxygens (including phenoxy) is 1. The summed E-state index contributed by atoms with van der Waals surface area (Å²) in [5.41, 5.74) is 4.59. The molecule has 0 unspecified atom stereocenters. The molecule has 2 aromatic heterocycles. The van der Waals surface area contributed by atoms with E-state index in [0.717, 1.165) is 35.2 Å². The van der Waals surface area contributed by atoms with Gasteiger partial charge >= 0.3 is 0 Å². The third kappa shape index (κ3) is 4.06. The number of nitrogens with one attached hydrogen (secondary N) is 2. The Bertz CT molecular complexity index is 1040. The number of ketones is 1. The molecule has 6 nitrogen and oxygen atoms in total. The van der Waals surface area contributed by atoms with Crippen molar-refractivity contribution in [1.29, 1.82) is 0 Å². The van der Waals surface area contributed by atoms with E-state index in [1.165, 1.54) is 0 Å². The lowest BCUT2D eigenvalue weighted by atomic mass is 9.94. The van der Waals surface area contributed by atoms with Gasteiger partial charge in [-0.15, -0.1) is 0 Å². The van der Waals surface area contributed by atoms with Crippen LogP contribution in [-0.4, -0.2) is 21.7 Å². The number of amides is 1. The van der Waals surface area contributed by atoms with E-state index in [1.54, 1.807) is 6.20 Å². The number of benzene rings is 1. The Morgan fingerprint density at radius 2 is 2.00 bits per heavy atom. The molecule has 0 atom stereocenters. The van der Waals surface area contributed by atoms with Crippen molar-refractivity contribution in [3.05, 3.63) is 82.3 Å². The van der Waals surface area contributed by atoms with Gasteiger partial charge in [0, 0.05) is 36.0 Å². The third-order valence-electron chi connectivity index (χ3n) is 5.17. The first-order chi connectivity index (χ1) is 14.1. The van der Waals surface area contributed by atoms with Gasteiger partial charge in [-0.05, 0) is 37.0 Å². The van der Waals surface area contributed by atoms with E-state index in [1.807, 2.05) is 49.4 Å². The summed E-state index contributed by atoms with van der Waals surface area (Å²) >= 11 is 0. The molecule has 6 heteroatoms. The fourth-order valence-corrected chi connectivity index (χ4v) is 3.68. The van der Waals surface area contributed by atoms with Crippen LogP contribution in [0.15, 0.2) is 48.7 Å². The number of nitrogens with zero attached hydrogens (tertiary/aromatic N) is 1. The largest absolute Gasteiger partial charge is 0.473 e. The van der Waals surface area contributed by atoms with Gasteiger partial charge in [-0.3, -0.25) is 9.59 Å². The fourth-order valence-electron chi connectivity index (χ4n) is 3.68. The zero-order valence-corrected chi connectivity index (χ0v) is 16.3. The second-order valence-corrected chi connectivity index (χ2v) is 7.18. The molecule has 0 radical (unpaired) electrons. The maximum absolute atomic E-state index is 12.7. The molecule has 3 aromatic rings. The van der Waals surface area contributed by atoms with Crippen LogP contribution < -0.4 is 10.1 Å². The Morgan fingerprint density at radius 1 is 1.17 bits per heavy atom. The Hall–Kier alpha value is -3.41. The summed E-state index contributed by atoms with van der Waals surface area (Å²) in [6.07, 6.45) is 3.84. The summed E-state index contributed by atoms with van der Waals surface area (Å²) in [6.45, 7) is 2.52. The second kappa shape index (κ2) is 8.31. The van der Waals surface area contributed by atoms with Gasteiger partial charge in [-0.2, -0.15) is 0 Å². The van der Waals surface area contributed by atoms with Crippen molar-refractivity contribution in [3.8, 4) is 5.88 Å². The zero-order chi connectivity index (χ0) is 20.2. The molecule has 0 fully saturated rings. The Morgan fingerprint density at radius 3 is 2.79 bits per heavy atom. The first kappa shape index (κ1) is 18.9.